The third-order valence-corrected chi connectivity index (χ3v) is 3.86. The van der Waals surface area contributed by atoms with E-state index < -0.39 is 11.4 Å². The summed E-state index contributed by atoms with van der Waals surface area (Å²) in [5.74, 6) is -0.261. The number of hydrogen-bond donors (Lipinski definition) is 2. The van der Waals surface area contributed by atoms with Gasteiger partial charge in [-0.2, -0.15) is 0 Å². The molecule has 1 fully saturated rings. The molecule has 112 valence electrons. The summed E-state index contributed by atoms with van der Waals surface area (Å²) < 4.78 is 18.9. The highest BCUT2D eigenvalue weighted by atomic mass is 19.1. The Bertz CT molecular complexity index is 473. The zero-order valence-electron chi connectivity index (χ0n) is 12.2. The summed E-state index contributed by atoms with van der Waals surface area (Å²) in [6.07, 6.45) is 3.70. The first kappa shape index (κ1) is 14.9. The number of likely N-dealkylation sites (N-methyl/N-ethyl adjacent to an activating group) is 1. The summed E-state index contributed by atoms with van der Waals surface area (Å²) in [4.78, 5) is 1.88. The Morgan fingerprint density at radius 2 is 2.05 bits per heavy atom. The van der Waals surface area contributed by atoms with Crippen LogP contribution in [0.1, 0.15) is 32.6 Å². The zero-order chi connectivity index (χ0) is 14.8. The summed E-state index contributed by atoms with van der Waals surface area (Å²) in [7, 11) is 1.86. The second kappa shape index (κ2) is 5.87. The minimum atomic E-state index is -0.665. The van der Waals surface area contributed by atoms with Gasteiger partial charge in [-0.15, -0.1) is 0 Å². The SMILES string of the molecule is CCOc1cc(N(C)CC2(O)CCCC2)c(N)cc1F. The number of nitrogens with two attached hydrogens (primary N) is 1. The third kappa shape index (κ3) is 3.15. The molecule has 1 aliphatic rings. The minimum Gasteiger partial charge on any atom is -0.491 e. The molecule has 0 bridgehead atoms. The maximum Gasteiger partial charge on any atom is 0.167 e. The molecular formula is C15H23FN2O2. The Morgan fingerprint density at radius 1 is 1.40 bits per heavy atom. The van der Waals surface area contributed by atoms with Crippen LogP contribution in [0.5, 0.6) is 5.75 Å². The number of anilines is 2. The third-order valence-electron chi connectivity index (χ3n) is 3.86. The molecule has 1 aromatic rings. The van der Waals surface area contributed by atoms with Gasteiger partial charge in [0.15, 0.2) is 11.6 Å². The number of ether oxygens (including phenoxy) is 1. The number of nitrogen functional groups attached to an aromatic ring is 1. The molecule has 0 saturated heterocycles. The van der Waals surface area contributed by atoms with Crippen LogP contribution in [-0.4, -0.2) is 30.9 Å². The number of hydrogen-bond acceptors (Lipinski definition) is 4. The van der Waals surface area contributed by atoms with Crippen molar-refractivity contribution < 1.29 is 14.2 Å². The van der Waals surface area contributed by atoms with E-state index in [2.05, 4.69) is 0 Å². The first-order valence-electron chi connectivity index (χ1n) is 7.10. The van der Waals surface area contributed by atoms with Gasteiger partial charge in [-0.25, -0.2) is 4.39 Å². The number of benzene rings is 1. The van der Waals surface area contributed by atoms with Crippen LogP contribution in [0.4, 0.5) is 15.8 Å². The topological polar surface area (TPSA) is 58.7 Å². The van der Waals surface area contributed by atoms with Crippen LogP contribution in [0.25, 0.3) is 0 Å². The standard InChI is InChI=1S/C15H23FN2O2/c1-3-20-14-9-13(12(17)8-11(14)16)18(2)10-15(19)6-4-5-7-15/h8-9,19H,3-7,10,17H2,1-2H3. The minimum absolute atomic E-state index is 0.196. The first-order valence-corrected chi connectivity index (χ1v) is 7.10. The van der Waals surface area contributed by atoms with E-state index in [4.69, 9.17) is 10.5 Å². The Balaban J connectivity index is 2.20. The van der Waals surface area contributed by atoms with Crippen molar-refractivity contribution in [3.8, 4) is 5.75 Å². The molecule has 0 atom stereocenters. The summed E-state index contributed by atoms with van der Waals surface area (Å²) in [6, 6.07) is 2.88. The molecular weight excluding hydrogens is 259 g/mol. The van der Waals surface area contributed by atoms with Gasteiger partial charge in [-0.3, -0.25) is 0 Å². The molecule has 0 aromatic heterocycles. The number of halogens is 1. The van der Waals surface area contributed by atoms with Crippen LogP contribution in [-0.2, 0) is 0 Å². The van der Waals surface area contributed by atoms with E-state index in [0.717, 1.165) is 25.7 Å². The molecule has 0 radical (unpaired) electrons. The molecule has 0 aliphatic heterocycles. The lowest BCUT2D eigenvalue weighted by Gasteiger charge is -2.31. The molecule has 3 N–H and O–H groups in total. The summed E-state index contributed by atoms with van der Waals surface area (Å²) >= 11 is 0. The van der Waals surface area contributed by atoms with Gasteiger partial charge in [-0.05, 0) is 19.8 Å². The fourth-order valence-corrected chi connectivity index (χ4v) is 2.87. The number of aliphatic hydroxyl groups is 1. The highest BCUT2D eigenvalue weighted by Crippen LogP contribution is 2.35. The fourth-order valence-electron chi connectivity index (χ4n) is 2.87. The van der Waals surface area contributed by atoms with Crippen molar-refractivity contribution in [1.29, 1.82) is 0 Å². The quantitative estimate of drug-likeness (QED) is 0.815. The molecule has 2 rings (SSSR count). The van der Waals surface area contributed by atoms with Crippen LogP contribution < -0.4 is 15.4 Å². The van der Waals surface area contributed by atoms with E-state index in [1.165, 1.54) is 6.07 Å². The summed E-state index contributed by atoms with van der Waals surface area (Å²) in [5, 5.41) is 10.5. The van der Waals surface area contributed by atoms with Gasteiger partial charge in [0.1, 0.15) is 0 Å². The second-order valence-electron chi connectivity index (χ2n) is 5.56. The lowest BCUT2D eigenvalue weighted by Crippen LogP contribution is -2.39. The molecule has 0 unspecified atom stereocenters. The Hall–Kier alpha value is -1.49. The normalized spacial score (nSPS) is 17.2. The van der Waals surface area contributed by atoms with Gasteiger partial charge in [0.2, 0.25) is 0 Å². The van der Waals surface area contributed by atoms with E-state index in [1.54, 1.807) is 13.0 Å². The van der Waals surface area contributed by atoms with E-state index in [-0.39, 0.29) is 5.75 Å². The maximum atomic E-state index is 13.7. The largest absolute Gasteiger partial charge is 0.491 e. The molecule has 1 saturated carbocycles. The Morgan fingerprint density at radius 3 is 2.65 bits per heavy atom. The summed E-state index contributed by atoms with van der Waals surface area (Å²) in [6.45, 7) is 2.70. The number of rotatable bonds is 5. The van der Waals surface area contributed by atoms with Gasteiger partial charge in [0.25, 0.3) is 0 Å². The van der Waals surface area contributed by atoms with Crippen molar-refractivity contribution in [2.75, 3.05) is 30.8 Å². The molecule has 0 heterocycles. The lowest BCUT2D eigenvalue weighted by atomic mass is 10.0. The van der Waals surface area contributed by atoms with E-state index in [0.29, 0.717) is 24.5 Å². The Kier molecular flexibility index (Phi) is 4.38. The molecule has 1 aliphatic carbocycles. The van der Waals surface area contributed by atoms with Gasteiger partial charge in [-0.1, -0.05) is 12.8 Å². The Labute approximate surface area is 119 Å². The summed E-state index contributed by atoms with van der Waals surface area (Å²) in [5.41, 5.74) is 6.27. The molecule has 4 nitrogen and oxygen atoms in total. The van der Waals surface area contributed by atoms with Crippen molar-refractivity contribution in [3.63, 3.8) is 0 Å². The predicted octanol–water partition coefficient (Wildman–Crippen LogP) is 2.55. The molecule has 1 aromatic carbocycles. The van der Waals surface area contributed by atoms with Crippen LogP contribution in [0.2, 0.25) is 0 Å². The maximum absolute atomic E-state index is 13.7. The smallest absolute Gasteiger partial charge is 0.167 e. The van der Waals surface area contributed by atoms with E-state index in [1.807, 2.05) is 11.9 Å². The van der Waals surface area contributed by atoms with Crippen LogP contribution in [0, 0.1) is 5.82 Å². The van der Waals surface area contributed by atoms with Crippen molar-refractivity contribution >= 4 is 11.4 Å². The highest BCUT2D eigenvalue weighted by molar-refractivity contribution is 5.69. The van der Waals surface area contributed by atoms with Crippen molar-refractivity contribution in [3.05, 3.63) is 17.9 Å². The van der Waals surface area contributed by atoms with E-state index >= 15 is 0 Å². The van der Waals surface area contributed by atoms with Gasteiger partial charge < -0.3 is 20.5 Å². The number of nitrogens with zero attached hydrogens (tertiary/aromatic N) is 1. The average Bonchev–Trinajstić information content (AvgIpc) is 2.79. The predicted molar refractivity (Wildman–Crippen MR) is 78.7 cm³/mol. The van der Waals surface area contributed by atoms with Crippen molar-refractivity contribution in [2.24, 2.45) is 0 Å². The highest BCUT2D eigenvalue weighted by Gasteiger charge is 2.32. The second-order valence-corrected chi connectivity index (χ2v) is 5.56. The van der Waals surface area contributed by atoms with Gasteiger partial charge in [0, 0.05) is 25.7 Å². The fraction of sp³-hybridized carbons (Fsp3) is 0.600. The molecule has 0 spiro atoms. The van der Waals surface area contributed by atoms with Gasteiger partial charge in [0.05, 0.1) is 23.6 Å². The monoisotopic (exact) mass is 282 g/mol. The molecule has 5 heteroatoms. The van der Waals surface area contributed by atoms with Crippen LogP contribution >= 0.6 is 0 Å². The van der Waals surface area contributed by atoms with Crippen LogP contribution in [0.3, 0.4) is 0 Å². The van der Waals surface area contributed by atoms with Crippen molar-refractivity contribution in [2.45, 2.75) is 38.2 Å². The molecule has 0 amide bonds. The van der Waals surface area contributed by atoms with E-state index in [9.17, 15) is 9.50 Å². The first-order chi connectivity index (χ1) is 9.45. The van der Waals surface area contributed by atoms with Crippen LogP contribution in [0.15, 0.2) is 12.1 Å². The van der Waals surface area contributed by atoms with Crippen molar-refractivity contribution in [1.82, 2.24) is 0 Å². The average molecular weight is 282 g/mol. The zero-order valence-corrected chi connectivity index (χ0v) is 12.2. The molecule has 20 heavy (non-hydrogen) atoms. The lowest BCUT2D eigenvalue weighted by molar-refractivity contribution is 0.0559. The van der Waals surface area contributed by atoms with Gasteiger partial charge >= 0.3 is 0 Å².